The third-order valence-corrected chi connectivity index (χ3v) is 4.32. The van der Waals surface area contributed by atoms with E-state index >= 15 is 0 Å². The van der Waals surface area contributed by atoms with E-state index in [0.29, 0.717) is 17.6 Å². The molecule has 0 fully saturated rings. The summed E-state index contributed by atoms with van der Waals surface area (Å²) in [5.41, 5.74) is 1.59. The smallest absolute Gasteiger partial charge is 0.305 e. The molecule has 0 aliphatic heterocycles. The Morgan fingerprint density at radius 3 is 2.79 bits per heavy atom. The highest BCUT2D eigenvalue weighted by Gasteiger charge is 2.11. The van der Waals surface area contributed by atoms with E-state index in [4.69, 9.17) is 0 Å². The van der Waals surface area contributed by atoms with Crippen molar-refractivity contribution in [3.8, 4) is 0 Å². The molecule has 0 bridgehead atoms. The lowest BCUT2D eigenvalue weighted by Gasteiger charge is -2.07. The average molecular weight is 283 g/mol. The lowest BCUT2D eigenvalue weighted by atomic mass is 10.3. The minimum absolute atomic E-state index is 0.104. The van der Waals surface area contributed by atoms with Crippen LogP contribution in [0, 0.1) is 0 Å². The molecular formula is C12H17N3O3S. The molecular weight excluding hydrogens is 266 g/mol. The number of unbranched alkanes of at least 4 members (excludes halogenated alkanes) is 1. The SMILES string of the molecule is CCCCS(=O)(=O)Nc1ccc2c(c1)[nH]c(=O)n2C. The molecule has 2 aromatic rings. The van der Waals surface area contributed by atoms with Crippen molar-refractivity contribution in [2.24, 2.45) is 7.05 Å². The first-order valence-corrected chi connectivity index (χ1v) is 7.77. The van der Waals surface area contributed by atoms with Crippen molar-refractivity contribution >= 4 is 26.7 Å². The molecule has 2 rings (SSSR count). The summed E-state index contributed by atoms with van der Waals surface area (Å²) in [5, 5.41) is 0. The van der Waals surface area contributed by atoms with Crippen LogP contribution in [0.25, 0.3) is 11.0 Å². The Morgan fingerprint density at radius 1 is 1.37 bits per heavy atom. The molecule has 0 amide bonds. The van der Waals surface area contributed by atoms with Crippen molar-refractivity contribution in [2.75, 3.05) is 10.5 Å². The van der Waals surface area contributed by atoms with Crippen LogP contribution in [0.3, 0.4) is 0 Å². The molecule has 1 aromatic heterocycles. The molecule has 6 nitrogen and oxygen atoms in total. The van der Waals surface area contributed by atoms with Gasteiger partial charge < -0.3 is 4.98 Å². The zero-order valence-corrected chi connectivity index (χ0v) is 11.8. The van der Waals surface area contributed by atoms with Crippen LogP contribution in [-0.2, 0) is 17.1 Å². The van der Waals surface area contributed by atoms with Crippen LogP contribution in [0.1, 0.15) is 19.8 Å². The maximum Gasteiger partial charge on any atom is 0.326 e. The van der Waals surface area contributed by atoms with Crippen molar-refractivity contribution in [3.63, 3.8) is 0 Å². The summed E-state index contributed by atoms with van der Waals surface area (Å²) >= 11 is 0. The number of anilines is 1. The van der Waals surface area contributed by atoms with E-state index in [1.54, 1.807) is 25.2 Å². The van der Waals surface area contributed by atoms with Crippen molar-refractivity contribution in [2.45, 2.75) is 19.8 Å². The Bertz CT molecular complexity index is 743. The quantitative estimate of drug-likeness (QED) is 0.870. The summed E-state index contributed by atoms with van der Waals surface area (Å²) < 4.78 is 27.5. The predicted octanol–water partition coefficient (Wildman–Crippen LogP) is 1.41. The minimum atomic E-state index is -3.32. The van der Waals surface area contributed by atoms with Crippen LogP contribution in [0.4, 0.5) is 5.69 Å². The van der Waals surface area contributed by atoms with E-state index in [1.165, 1.54) is 4.57 Å². The van der Waals surface area contributed by atoms with Gasteiger partial charge in [0.15, 0.2) is 0 Å². The van der Waals surface area contributed by atoms with E-state index in [9.17, 15) is 13.2 Å². The van der Waals surface area contributed by atoms with E-state index < -0.39 is 10.0 Å². The summed E-state index contributed by atoms with van der Waals surface area (Å²) in [5.74, 6) is 0.104. The van der Waals surface area contributed by atoms with Crippen molar-refractivity contribution in [1.29, 1.82) is 0 Å². The number of imidazole rings is 1. The molecule has 0 spiro atoms. The van der Waals surface area contributed by atoms with E-state index in [0.717, 1.165) is 11.9 Å². The van der Waals surface area contributed by atoms with Gasteiger partial charge in [-0.05, 0) is 24.6 Å². The van der Waals surface area contributed by atoms with Gasteiger partial charge in [-0.25, -0.2) is 13.2 Å². The van der Waals surface area contributed by atoms with Gasteiger partial charge in [-0.1, -0.05) is 13.3 Å². The van der Waals surface area contributed by atoms with E-state index in [2.05, 4.69) is 9.71 Å². The monoisotopic (exact) mass is 283 g/mol. The van der Waals surface area contributed by atoms with Crippen LogP contribution in [-0.4, -0.2) is 23.7 Å². The predicted molar refractivity (Wildman–Crippen MR) is 75.9 cm³/mol. The van der Waals surface area contributed by atoms with E-state index in [-0.39, 0.29) is 11.4 Å². The maximum absolute atomic E-state index is 11.8. The molecule has 0 saturated heterocycles. The first-order chi connectivity index (χ1) is 8.93. The number of H-pyrrole nitrogens is 1. The fraction of sp³-hybridized carbons (Fsp3) is 0.417. The standard InChI is InChI=1S/C12H17N3O3S/c1-3-4-7-19(17,18)14-9-5-6-11-10(8-9)13-12(16)15(11)2/h5-6,8,14H,3-4,7H2,1-2H3,(H,13,16). The topological polar surface area (TPSA) is 84.0 Å². The summed E-state index contributed by atoms with van der Waals surface area (Å²) in [7, 11) is -1.66. The van der Waals surface area contributed by atoms with Gasteiger partial charge in [0.05, 0.1) is 22.5 Å². The number of hydrogen-bond acceptors (Lipinski definition) is 3. The Kier molecular flexibility index (Phi) is 3.66. The van der Waals surface area contributed by atoms with Gasteiger partial charge in [0.25, 0.3) is 0 Å². The number of aromatic nitrogens is 2. The first kappa shape index (κ1) is 13.7. The Hall–Kier alpha value is -1.76. The van der Waals surface area contributed by atoms with Gasteiger partial charge in [0.1, 0.15) is 0 Å². The van der Waals surface area contributed by atoms with Crippen molar-refractivity contribution in [1.82, 2.24) is 9.55 Å². The van der Waals surface area contributed by atoms with Crippen molar-refractivity contribution in [3.05, 3.63) is 28.7 Å². The molecule has 2 N–H and O–H groups in total. The molecule has 1 aromatic carbocycles. The van der Waals surface area contributed by atoms with Gasteiger partial charge in [-0.2, -0.15) is 0 Å². The zero-order valence-electron chi connectivity index (χ0n) is 10.9. The fourth-order valence-corrected chi connectivity index (χ4v) is 3.12. The highest BCUT2D eigenvalue weighted by Crippen LogP contribution is 2.17. The molecule has 1 heterocycles. The van der Waals surface area contributed by atoms with E-state index in [1.807, 2.05) is 6.92 Å². The molecule has 0 saturated carbocycles. The summed E-state index contributed by atoms with van der Waals surface area (Å²) in [6.45, 7) is 1.94. The summed E-state index contributed by atoms with van der Waals surface area (Å²) in [4.78, 5) is 14.1. The van der Waals surface area contributed by atoms with Crippen molar-refractivity contribution < 1.29 is 8.42 Å². The second-order valence-electron chi connectivity index (χ2n) is 4.50. The Balaban J connectivity index is 2.29. The van der Waals surface area contributed by atoms with Gasteiger partial charge in [0, 0.05) is 7.05 Å². The number of nitrogens with zero attached hydrogens (tertiary/aromatic N) is 1. The summed E-state index contributed by atoms with van der Waals surface area (Å²) in [6, 6.07) is 4.99. The molecule has 0 unspecified atom stereocenters. The molecule has 0 aliphatic rings. The number of nitrogens with one attached hydrogen (secondary N) is 2. The third kappa shape index (κ3) is 2.98. The van der Waals surface area contributed by atoms with Crippen LogP contribution < -0.4 is 10.4 Å². The molecule has 7 heteroatoms. The number of rotatable bonds is 5. The molecule has 0 atom stereocenters. The maximum atomic E-state index is 11.8. The minimum Gasteiger partial charge on any atom is -0.305 e. The second kappa shape index (κ2) is 5.08. The highest BCUT2D eigenvalue weighted by atomic mass is 32.2. The second-order valence-corrected chi connectivity index (χ2v) is 6.34. The van der Waals surface area contributed by atoms with Gasteiger partial charge >= 0.3 is 5.69 Å². The van der Waals surface area contributed by atoms with Crippen LogP contribution in [0.2, 0.25) is 0 Å². The van der Waals surface area contributed by atoms with Crippen LogP contribution in [0.5, 0.6) is 0 Å². The normalized spacial score (nSPS) is 11.9. The Labute approximate surface area is 111 Å². The number of aryl methyl sites for hydroxylation is 1. The number of aromatic amines is 1. The number of hydrogen-bond donors (Lipinski definition) is 2. The molecule has 0 radical (unpaired) electrons. The first-order valence-electron chi connectivity index (χ1n) is 6.12. The largest absolute Gasteiger partial charge is 0.326 e. The summed E-state index contributed by atoms with van der Waals surface area (Å²) in [6.07, 6.45) is 1.45. The molecule has 104 valence electrons. The fourth-order valence-electron chi connectivity index (χ4n) is 1.87. The van der Waals surface area contributed by atoms with Gasteiger partial charge in [0.2, 0.25) is 10.0 Å². The molecule has 19 heavy (non-hydrogen) atoms. The average Bonchev–Trinajstić information content (AvgIpc) is 2.62. The van der Waals surface area contributed by atoms with Gasteiger partial charge in [-0.3, -0.25) is 9.29 Å². The lowest BCUT2D eigenvalue weighted by Crippen LogP contribution is -2.16. The number of fused-ring (bicyclic) bond motifs is 1. The lowest BCUT2D eigenvalue weighted by molar-refractivity contribution is 0.598. The number of sulfonamides is 1. The highest BCUT2D eigenvalue weighted by molar-refractivity contribution is 7.92. The van der Waals surface area contributed by atoms with Gasteiger partial charge in [-0.15, -0.1) is 0 Å². The van der Waals surface area contributed by atoms with Crippen LogP contribution >= 0.6 is 0 Å². The zero-order chi connectivity index (χ0) is 14.0. The molecule has 0 aliphatic carbocycles. The number of benzene rings is 1. The van der Waals surface area contributed by atoms with Crippen LogP contribution in [0.15, 0.2) is 23.0 Å². The Morgan fingerprint density at radius 2 is 2.11 bits per heavy atom. The third-order valence-electron chi connectivity index (χ3n) is 2.94.